The van der Waals surface area contributed by atoms with E-state index in [0.29, 0.717) is 6.10 Å². The summed E-state index contributed by atoms with van der Waals surface area (Å²) in [7, 11) is 0. The van der Waals surface area contributed by atoms with Crippen molar-refractivity contribution in [1.29, 1.82) is 0 Å². The molecule has 110 valence electrons. The van der Waals surface area contributed by atoms with Gasteiger partial charge in [0.05, 0.1) is 12.7 Å². The fraction of sp³-hybridized carbons (Fsp3) is 0.882. The van der Waals surface area contributed by atoms with Crippen LogP contribution in [0.4, 0.5) is 0 Å². The molecule has 0 saturated heterocycles. The highest BCUT2D eigenvalue weighted by Gasteiger charge is 2.20. The molecule has 2 heteroatoms. The van der Waals surface area contributed by atoms with Crippen LogP contribution in [0.25, 0.3) is 0 Å². The molecule has 0 aromatic carbocycles. The molecule has 0 aromatic heterocycles. The summed E-state index contributed by atoms with van der Waals surface area (Å²) in [6.07, 6.45) is 14.4. The Balaban J connectivity index is 1.58. The minimum atomic E-state index is 0.347. The molecule has 2 rings (SSSR count). The van der Waals surface area contributed by atoms with Gasteiger partial charge in [-0.05, 0) is 44.4 Å². The number of hydrogen-bond acceptors (Lipinski definition) is 2. The summed E-state index contributed by atoms with van der Waals surface area (Å²) in [6.45, 7) is 6.50. The summed E-state index contributed by atoms with van der Waals surface area (Å²) >= 11 is 0. The van der Waals surface area contributed by atoms with Gasteiger partial charge in [0.1, 0.15) is 0 Å². The third-order valence-electron chi connectivity index (χ3n) is 4.81. The monoisotopic (exact) mass is 265 g/mol. The van der Waals surface area contributed by atoms with Gasteiger partial charge in [0.25, 0.3) is 0 Å². The highest BCUT2D eigenvalue weighted by molar-refractivity contribution is 4.93. The van der Waals surface area contributed by atoms with Gasteiger partial charge in [-0.1, -0.05) is 38.3 Å². The molecule has 3 unspecified atom stereocenters. The normalized spacial score (nSPS) is 30.4. The number of ether oxygens (including phenoxy) is 1. The largest absolute Gasteiger partial charge is 0.377 e. The van der Waals surface area contributed by atoms with Crippen LogP contribution in [0.15, 0.2) is 12.2 Å². The molecular formula is C17H31NO. The summed E-state index contributed by atoms with van der Waals surface area (Å²) in [5.74, 6) is 1.51. The Kier molecular flexibility index (Phi) is 6.39. The van der Waals surface area contributed by atoms with Crippen LogP contribution in [-0.4, -0.2) is 25.3 Å². The fourth-order valence-electron chi connectivity index (χ4n) is 3.23. The lowest BCUT2D eigenvalue weighted by molar-refractivity contribution is 0.0250. The van der Waals surface area contributed by atoms with Gasteiger partial charge in [-0.15, -0.1) is 0 Å². The molecule has 0 amide bonds. The van der Waals surface area contributed by atoms with Gasteiger partial charge in [-0.3, -0.25) is 0 Å². The molecule has 1 N–H and O–H groups in total. The van der Waals surface area contributed by atoms with Crippen molar-refractivity contribution in [2.24, 2.45) is 11.8 Å². The predicted octanol–water partition coefficient (Wildman–Crippen LogP) is 3.92. The molecule has 0 bridgehead atoms. The highest BCUT2D eigenvalue weighted by Crippen LogP contribution is 2.25. The molecule has 1 fully saturated rings. The summed E-state index contributed by atoms with van der Waals surface area (Å²) in [5.41, 5.74) is 0. The van der Waals surface area contributed by atoms with E-state index in [1.165, 1.54) is 44.9 Å². The Hall–Kier alpha value is -0.340. The fourth-order valence-corrected chi connectivity index (χ4v) is 3.23. The van der Waals surface area contributed by atoms with Crippen molar-refractivity contribution in [1.82, 2.24) is 5.32 Å². The van der Waals surface area contributed by atoms with Crippen LogP contribution in [0.2, 0.25) is 0 Å². The van der Waals surface area contributed by atoms with Gasteiger partial charge in [0, 0.05) is 12.6 Å². The van der Waals surface area contributed by atoms with Gasteiger partial charge < -0.3 is 10.1 Å². The average Bonchev–Trinajstić information content (AvgIpc) is 2.45. The predicted molar refractivity (Wildman–Crippen MR) is 81.3 cm³/mol. The minimum Gasteiger partial charge on any atom is -0.377 e. The summed E-state index contributed by atoms with van der Waals surface area (Å²) < 4.78 is 6.05. The topological polar surface area (TPSA) is 21.3 Å². The van der Waals surface area contributed by atoms with E-state index in [1.54, 1.807) is 0 Å². The summed E-state index contributed by atoms with van der Waals surface area (Å²) in [6, 6.07) is 0.747. The molecule has 0 radical (unpaired) electrons. The Bertz CT molecular complexity index is 270. The SMILES string of the molecule is CC(CNC1CCCCC1)OCC1CC=CCC1C. The Morgan fingerprint density at radius 3 is 2.63 bits per heavy atom. The van der Waals surface area contributed by atoms with Crippen molar-refractivity contribution in [3.63, 3.8) is 0 Å². The van der Waals surface area contributed by atoms with Crippen molar-refractivity contribution in [2.45, 2.75) is 70.9 Å². The van der Waals surface area contributed by atoms with Crippen molar-refractivity contribution in [3.8, 4) is 0 Å². The van der Waals surface area contributed by atoms with E-state index in [0.717, 1.165) is 31.0 Å². The van der Waals surface area contributed by atoms with Crippen LogP contribution in [0.1, 0.15) is 58.8 Å². The number of hydrogen-bond donors (Lipinski definition) is 1. The van der Waals surface area contributed by atoms with Gasteiger partial charge >= 0.3 is 0 Å². The molecule has 19 heavy (non-hydrogen) atoms. The van der Waals surface area contributed by atoms with Gasteiger partial charge in [0.15, 0.2) is 0 Å². The van der Waals surface area contributed by atoms with Gasteiger partial charge in [0.2, 0.25) is 0 Å². The molecule has 0 heterocycles. The maximum absolute atomic E-state index is 6.05. The highest BCUT2D eigenvalue weighted by atomic mass is 16.5. The quantitative estimate of drug-likeness (QED) is 0.735. The number of rotatable bonds is 6. The van der Waals surface area contributed by atoms with E-state index in [-0.39, 0.29) is 0 Å². The van der Waals surface area contributed by atoms with Gasteiger partial charge in [-0.2, -0.15) is 0 Å². The van der Waals surface area contributed by atoms with E-state index in [1.807, 2.05) is 0 Å². The summed E-state index contributed by atoms with van der Waals surface area (Å²) in [4.78, 5) is 0. The van der Waals surface area contributed by atoms with Crippen molar-refractivity contribution < 1.29 is 4.74 Å². The Morgan fingerprint density at radius 1 is 1.16 bits per heavy atom. The maximum Gasteiger partial charge on any atom is 0.0671 e. The zero-order valence-corrected chi connectivity index (χ0v) is 12.7. The average molecular weight is 265 g/mol. The second kappa shape index (κ2) is 8.06. The number of nitrogens with one attached hydrogen (secondary N) is 1. The smallest absolute Gasteiger partial charge is 0.0671 e. The van der Waals surface area contributed by atoms with Gasteiger partial charge in [-0.25, -0.2) is 0 Å². The first-order chi connectivity index (χ1) is 9.25. The van der Waals surface area contributed by atoms with Crippen LogP contribution >= 0.6 is 0 Å². The lowest BCUT2D eigenvalue weighted by Gasteiger charge is -2.28. The third-order valence-corrected chi connectivity index (χ3v) is 4.81. The van der Waals surface area contributed by atoms with Crippen molar-refractivity contribution in [2.75, 3.05) is 13.2 Å². The second-order valence-corrected chi connectivity index (χ2v) is 6.57. The molecular weight excluding hydrogens is 234 g/mol. The molecule has 2 nitrogen and oxygen atoms in total. The summed E-state index contributed by atoms with van der Waals surface area (Å²) in [5, 5.41) is 3.68. The molecule has 0 aromatic rings. The van der Waals surface area contributed by atoms with Crippen molar-refractivity contribution >= 4 is 0 Å². The molecule has 3 atom stereocenters. The van der Waals surface area contributed by atoms with Crippen LogP contribution in [0.3, 0.4) is 0 Å². The van der Waals surface area contributed by atoms with Crippen molar-refractivity contribution in [3.05, 3.63) is 12.2 Å². The van der Waals surface area contributed by atoms with Crippen LogP contribution in [0, 0.1) is 11.8 Å². The van der Waals surface area contributed by atoms with Crippen LogP contribution in [-0.2, 0) is 4.74 Å². The Morgan fingerprint density at radius 2 is 1.89 bits per heavy atom. The van der Waals surface area contributed by atoms with E-state index >= 15 is 0 Å². The zero-order valence-electron chi connectivity index (χ0n) is 12.7. The minimum absolute atomic E-state index is 0.347. The van der Waals surface area contributed by atoms with E-state index < -0.39 is 0 Å². The van der Waals surface area contributed by atoms with Crippen LogP contribution < -0.4 is 5.32 Å². The molecule has 1 saturated carbocycles. The van der Waals surface area contributed by atoms with Crippen LogP contribution in [0.5, 0.6) is 0 Å². The maximum atomic E-state index is 6.05. The zero-order chi connectivity index (χ0) is 13.5. The second-order valence-electron chi connectivity index (χ2n) is 6.57. The van der Waals surface area contributed by atoms with E-state index in [2.05, 4.69) is 31.3 Å². The lowest BCUT2D eigenvalue weighted by atomic mass is 9.85. The molecule has 2 aliphatic rings. The Labute approximate surface area is 119 Å². The molecule has 2 aliphatic carbocycles. The third kappa shape index (κ3) is 5.27. The first-order valence-corrected chi connectivity index (χ1v) is 8.25. The number of allylic oxidation sites excluding steroid dienone is 2. The first-order valence-electron chi connectivity index (χ1n) is 8.25. The van der Waals surface area contributed by atoms with E-state index in [4.69, 9.17) is 4.74 Å². The molecule has 0 spiro atoms. The first kappa shape index (κ1) is 15.1. The molecule has 0 aliphatic heterocycles. The standard InChI is InChI=1S/C17H31NO/c1-14-8-6-7-9-16(14)13-19-15(2)12-18-17-10-4-3-5-11-17/h6-7,14-18H,3-5,8-13H2,1-2H3. The lowest BCUT2D eigenvalue weighted by Crippen LogP contribution is -2.37. The van der Waals surface area contributed by atoms with E-state index in [9.17, 15) is 0 Å².